The van der Waals surface area contributed by atoms with Crippen molar-refractivity contribution in [1.82, 2.24) is 10.2 Å². The predicted octanol–water partition coefficient (Wildman–Crippen LogP) is 1.91. The number of rotatable bonds is 4. The highest BCUT2D eigenvalue weighted by atomic mass is 32.1. The Morgan fingerprint density at radius 2 is 2.00 bits per heavy atom. The fourth-order valence-electron chi connectivity index (χ4n) is 2.23. The van der Waals surface area contributed by atoms with Crippen LogP contribution in [-0.2, 0) is 9.53 Å². The first-order chi connectivity index (χ1) is 9.66. The second-order valence-corrected chi connectivity index (χ2v) is 5.31. The number of carbonyl (C=O) groups excluding carboxylic acids is 1. The monoisotopic (exact) mass is 292 g/mol. The molecule has 20 heavy (non-hydrogen) atoms. The predicted molar refractivity (Wildman–Crippen MR) is 82.6 cm³/mol. The summed E-state index contributed by atoms with van der Waals surface area (Å²) in [4.78, 5) is 13.6. The summed E-state index contributed by atoms with van der Waals surface area (Å²) in [7, 11) is 0. The Hall–Kier alpha value is -1.46. The summed E-state index contributed by atoms with van der Waals surface area (Å²) in [6.07, 6.45) is 0.439. The van der Waals surface area contributed by atoms with Gasteiger partial charge in [0.2, 0.25) is 0 Å². The van der Waals surface area contributed by atoms with Crippen molar-refractivity contribution < 1.29 is 9.53 Å². The number of nitrogens with one attached hydrogen (secondary N) is 1. The molecule has 1 aliphatic heterocycles. The minimum Gasteiger partial charge on any atom is -0.378 e. The standard InChI is InChI=1S/C15H20N2O2S/c1-12(18)11-14(13-5-3-2-4-6-13)16-15(20)17-7-9-19-10-8-17/h2-6,14H,7-11H2,1H3,(H,16,20)/t14-/m0/s1. The molecule has 108 valence electrons. The quantitative estimate of drug-likeness (QED) is 0.859. The molecule has 0 spiro atoms. The molecular weight excluding hydrogens is 272 g/mol. The third-order valence-electron chi connectivity index (χ3n) is 3.29. The summed E-state index contributed by atoms with van der Waals surface area (Å²) < 4.78 is 5.32. The Balaban J connectivity index is 2.03. The molecule has 1 saturated heterocycles. The van der Waals surface area contributed by atoms with E-state index in [1.165, 1.54) is 0 Å². The molecule has 1 aromatic rings. The lowest BCUT2D eigenvalue weighted by Gasteiger charge is -2.31. The summed E-state index contributed by atoms with van der Waals surface area (Å²) in [6, 6.07) is 9.88. The molecule has 0 radical (unpaired) electrons. The number of carbonyl (C=O) groups is 1. The van der Waals surface area contributed by atoms with Crippen molar-refractivity contribution in [2.75, 3.05) is 26.3 Å². The normalized spacial score (nSPS) is 16.6. The Kier molecular flexibility index (Phi) is 5.49. The van der Waals surface area contributed by atoms with Crippen molar-refractivity contribution in [3.05, 3.63) is 35.9 Å². The molecule has 0 bridgehead atoms. The third kappa shape index (κ3) is 4.28. The van der Waals surface area contributed by atoms with Gasteiger partial charge in [0.05, 0.1) is 19.3 Å². The highest BCUT2D eigenvalue weighted by Gasteiger charge is 2.19. The number of ketones is 1. The van der Waals surface area contributed by atoms with Gasteiger partial charge >= 0.3 is 0 Å². The number of ether oxygens (including phenoxy) is 1. The first kappa shape index (κ1) is 14.9. The van der Waals surface area contributed by atoms with E-state index >= 15 is 0 Å². The topological polar surface area (TPSA) is 41.6 Å². The second kappa shape index (κ2) is 7.36. The lowest BCUT2D eigenvalue weighted by molar-refractivity contribution is -0.117. The first-order valence-corrected chi connectivity index (χ1v) is 7.25. The van der Waals surface area contributed by atoms with Crippen molar-refractivity contribution >= 4 is 23.1 Å². The van der Waals surface area contributed by atoms with E-state index in [2.05, 4.69) is 10.2 Å². The summed E-state index contributed by atoms with van der Waals surface area (Å²) >= 11 is 5.45. The fraction of sp³-hybridized carbons (Fsp3) is 0.467. The second-order valence-electron chi connectivity index (χ2n) is 4.92. The number of benzene rings is 1. The van der Waals surface area contributed by atoms with Gasteiger partial charge in [-0.05, 0) is 24.7 Å². The highest BCUT2D eigenvalue weighted by molar-refractivity contribution is 7.80. The van der Waals surface area contributed by atoms with Gasteiger partial charge < -0.3 is 15.0 Å². The Morgan fingerprint density at radius 1 is 1.35 bits per heavy atom. The third-order valence-corrected chi connectivity index (χ3v) is 3.67. The van der Waals surface area contributed by atoms with Crippen LogP contribution < -0.4 is 5.32 Å². The SMILES string of the molecule is CC(=O)C[C@H](NC(=S)N1CCOCC1)c1ccccc1. The maximum atomic E-state index is 11.5. The molecule has 0 unspecified atom stereocenters. The smallest absolute Gasteiger partial charge is 0.169 e. The van der Waals surface area contributed by atoms with Crippen molar-refractivity contribution in [2.45, 2.75) is 19.4 Å². The van der Waals surface area contributed by atoms with Gasteiger partial charge in [0.25, 0.3) is 0 Å². The molecule has 0 amide bonds. The van der Waals surface area contributed by atoms with E-state index in [0.717, 1.165) is 18.7 Å². The van der Waals surface area contributed by atoms with Gasteiger partial charge in [-0.25, -0.2) is 0 Å². The number of morpholine rings is 1. The molecule has 1 atom stereocenters. The zero-order valence-electron chi connectivity index (χ0n) is 11.7. The minimum absolute atomic E-state index is 0.0657. The van der Waals surface area contributed by atoms with Crippen LogP contribution in [0.15, 0.2) is 30.3 Å². The molecule has 1 fully saturated rings. The maximum absolute atomic E-state index is 11.5. The van der Waals surface area contributed by atoms with E-state index < -0.39 is 0 Å². The van der Waals surface area contributed by atoms with Gasteiger partial charge in [-0.2, -0.15) is 0 Å². The molecule has 1 heterocycles. The van der Waals surface area contributed by atoms with E-state index in [1.54, 1.807) is 6.92 Å². The number of nitrogens with zero attached hydrogens (tertiary/aromatic N) is 1. The van der Waals surface area contributed by atoms with Crippen LogP contribution in [0.3, 0.4) is 0 Å². The highest BCUT2D eigenvalue weighted by Crippen LogP contribution is 2.17. The van der Waals surface area contributed by atoms with E-state index in [0.29, 0.717) is 24.7 Å². The van der Waals surface area contributed by atoms with Crippen LogP contribution in [0.1, 0.15) is 24.9 Å². The molecule has 0 saturated carbocycles. The molecule has 4 nitrogen and oxygen atoms in total. The van der Waals surface area contributed by atoms with Crippen LogP contribution in [-0.4, -0.2) is 42.1 Å². The van der Waals surface area contributed by atoms with Gasteiger partial charge in [0.15, 0.2) is 5.11 Å². The van der Waals surface area contributed by atoms with E-state index in [4.69, 9.17) is 17.0 Å². The van der Waals surface area contributed by atoms with E-state index in [-0.39, 0.29) is 11.8 Å². The lowest BCUT2D eigenvalue weighted by Crippen LogP contribution is -2.47. The summed E-state index contributed by atoms with van der Waals surface area (Å²) in [5, 5.41) is 4.01. The molecule has 2 rings (SSSR count). The lowest BCUT2D eigenvalue weighted by atomic mass is 10.0. The van der Waals surface area contributed by atoms with Crippen LogP contribution in [0.4, 0.5) is 0 Å². The van der Waals surface area contributed by atoms with Gasteiger partial charge in [0, 0.05) is 19.5 Å². The average Bonchev–Trinajstić information content (AvgIpc) is 2.48. The number of hydrogen-bond acceptors (Lipinski definition) is 3. The van der Waals surface area contributed by atoms with Crippen molar-refractivity contribution in [2.24, 2.45) is 0 Å². The average molecular weight is 292 g/mol. The minimum atomic E-state index is -0.0657. The molecular formula is C15H20N2O2S. The van der Waals surface area contributed by atoms with Crippen LogP contribution in [0, 0.1) is 0 Å². The molecule has 0 aromatic heterocycles. The molecule has 1 aliphatic rings. The summed E-state index contributed by atoms with van der Waals surface area (Å²) in [5.74, 6) is 0.149. The zero-order valence-corrected chi connectivity index (χ0v) is 12.5. The first-order valence-electron chi connectivity index (χ1n) is 6.84. The maximum Gasteiger partial charge on any atom is 0.169 e. The zero-order chi connectivity index (χ0) is 14.4. The number of hydrogen-bond donors (Lipinski definition) is 1. The van der Waals surface area contributed by atoms with Crippen LogP contribution in [0.25, 0.3) is 0 Å². The molecule has 0 aliphatic carbocycles. The number of thiocarbonyl (C=S) groups is 1. The van der Waals surface area contributed by atoms with E-state index in [9.17, 15) is 4.79 Å². The van der Waals surface area contributed by atoms with Gasteiger partial charge in [0.1, 0.15) is 5.78 Å². The molecule has 1 aromatic carbocycles. The van der Waals surface area contributed by atoms with Crippen LogP contribution in [0.5, 0.6) is 0 Å². The largest absolute Gasteiger partial charge is 0.378 e. The Bertz CT molecular complexity index is 458. The van der Waals surface area contributed by atoms with Crippen LogP contribution >= 0.6 is 12.2 Å². The van der Waals surface area contributed by atoms with Crippen molar-refractivity contribution in [3.63, 3.8) is 0 Å². The van der Waals surface area contributed by atoms with Crippen LogP contribution in [0.2, 0.25) is 0 Å². The summed E-state index contributed by atoms with van der Waals surface area (Å²) in [5.41, 5.74) is 1.08. The van der Waals surface area contributed by atoms with Gasteiger partial charge in [-0.15, -0.1) is 0 Å². The van der Waals surface area contributed by atoms with Gasteiger partial charge in [-0.1, -0.05) is 30.3 Å². The summed E-state index contributed by atoms with van der Waals surface area (Å²) in [6.45, 7) is 4.60. The Morgan fingerprint density at radius 3 is 2.60 bits per heavy atom. The molecule has 1 N–H and O–H groups in total. The molecule has 5 heteroatoms. The van der Waals surface area contributed by atoms with Crippen molar-refractivity contribution in [3.8, 4) is 0 Å². The Labute approximate surface area is 125 Å². The van der Waals surface area contributed by atoms with E-state index in [1.807, 2.05) is 30.3 Å². The number of Topliss-reactive ketones (excluding diaryl/α,β-unsaturated/α-hetero) is 1. The fourth-order valence-corrected chi connectivity index (χ4v) is 2.56. The van der Waals surface area contributed by atoms with Gasteiger partial charge in [-0.3, -0.25) is 4.79 Å². The van der Waals surface area contributed by atoms with Crippen molar-refractivity contribution in [1.29, 1.82) is 0 Å².